The van der Waals surface area contributed by atoms with E-state index in [1.807, 2.05) is 54.6 Å². The first kappa shape index (κ1) is 19.7. The van der Waals surface area contributed by atoms with Gasteiger partial charge in [0.15, 0.2) is 11.6 Å². The number of aliphatic imine (C=N–C) groups is 1. The molecule has 1 N–H and O–H groups in total. The Bertz CT molecular complexity index is 841. The van der Waals surface area contributed by atoms with E-state index >= 15 is 0 Å². The molecule has 2 aromatic rings. The lowest BCUT2D eigenvalue weighted by atomic mass is 10.1. The molecule has 0 saturated carbocycles. The summed E-state index contributed by atoms with van der Waals surface area (Å²) in [6.45, 7) is 2.59. The first-order valence-corrected chi connectivity index (χ1v) is 9.11. The first-order valence-electron chi connectivity index (χ1n) is 9.11. The van der Waals surface area contributed by atoms with Gasteiger partial charge in [0, 0.05) is 12.6 Å². The Balaban J connectivity index is 1.54. The van der Waals surface area contributed by atoms with Crippen LogP contribution in [0.1, 0.15) is 18.9 Å². The van der Waals surface area contributed by atoms with E-state index in [9.17, 15) is 4.79 Å². The molecule has 1 aliphatic rings. The summed E-state index contributed by atoms with van der Waals surface area (Å²) in [6, 6.07) is 17.0. The number of ether oxygens (including phenoxy) is 2. The lowest BCUT2D eigenvalue weighted by molar-refractivity contribution is -0.166. The third-order valence-corrected chi connectivity index (χ3v) is 4.23. The van der Waals surface area contributed by atoms with Gasteiger partial charge in [0.2, 0.25) is 5.91 Å². The molecule has 148 valence electrons. The fraction of sp³-hybridized carbons (Fsp3) is 0.333. The van der Waals surface area contributed by atoms with E-state index in [-0.39, 0.29) is 12.3 Å². The molecular weight excluding hydrogens is 358 g/mol. The topological polar surface area (TPSA) is 72.4 Å². The summed E-state index contributed by atoms with van der Waals surface area (Å²) >= 11 is 0. The van der Waals surface area contributed by atoms with Gasteiger partial charge in [0.05, 0.1) is 20.1 Å². The SMILES string of the molecule is COc1cccc(C2=NC(C)(CC(=O)NCCOc3ccccc3)ON2C)c1. The molecule has 1 unspecified atom stereocenters. The largest absolute Gasteiger partial charge is 0.497 e. The molecule has 0 aliphatic carbocycles. The summed E-state index contributed by atoms with van der Waals surface area (Å²) in [5, 5.41) is 4.42. The monoisotopic (exact) mass is 383 g/mol. The molecular formula is C21H25N3O4. The number of hydrogen-bond donors (Lipinski definition) is 1. The molecule has 1 heterocycles. The molecule has 0 spiro atoms. The number of amides is 1. The zero-order chi connectivity index (χ0) is 20.0. The van der Waals surface area contributed by atoms with Gasteiger partial charge in [-0.1, -0.05) is 30.3 Å². The van der Waals surface area contributed by atoms with E-state index in [0.717, 1.165) is 17.1 Å². The fourth-order valence-electron chi connectivity index (χ4n) is 2.97. The predicted octanol–water partition coefficient (Wildman–Crippen LogP) is 2.62. The molecule has 0 saturated heterocycles. The van der Waals surface area contributed by atoms with E-state index < -0.39 is 5.72 Å². The van der Waals surface area contributed by atoms with Crippen LogP contribution >= 0.6 is 0 Å². The molecule has 0 radical (unpaired) electrons. The van der Waals surface area contributed by atoms with Crippen molar-refractivity contribution in [1.82, 2.24) is 10.4 Å². The van der Waals surface area contributed by atoms with Crippen molar-refractivity contribution in [1.29, 1.82) is 0 Å². The Kier molecular flexibility index (Phi) is 6.16. The number of benzene rings is 2. The van der Waals surface area contributed by atoms with Crippen molar-refractivity contribution >= 4 is 11.7 Å². The zero-order valence-corrected chi connectivity index (χ0v) is 16.3. The number of nitrogens with one attached hydrogen (secondary N) is 1. The van der Waals surface area contributed by atoms with Gasteiger partial charge in [-0.3, -0.25) is 4.79 Å². The molecule has 1 aliphatic heterocycles. The van der Waals surface area contributed by atoms with Crippen LogP contribution in [0.15, 0.2) is 59.6 Å². The van der Waals surface area contributed by atoms with Crippen LogP contribution in [-0.4, -0.2) is 49.8 Å². The van der Waals surface area contributed by atoms with E-state index in [1.54, 1.807) is 26.1 Å². The predicted molar refractivity (Wildman–Crippen MR) is 106 cm³/mol. The molecule has 1 atom stereocenters. The van der Waals surface area contributed by atoms with Crippen LogP contribution in [0, 0.1) is 0 Å². The van der Waals surface area contributed by atoms with Gasteiger partial charge in [-0.15, -0.1) is 0 Å². The van der Waals surface area contributed by atoms with Crippen molar-refractivity contribution in [3.63, 3.8) is 0 Å². The van der Waals surface area contributed by atoms with Crippen LogP contribution in [0.2, 0.25) is 0 Å². The van der Waals surface area contributed by atoms with Gasteiger partial charge >= 0.3 is 0 Å². The number of rotatable bonds is 8. The maximum absolute atomic E-state index is 12.3. The van der Waals surface area contributed by atoms with Gasteiger partial charge in [-0.25, -0.2) is 14.9 Å². The van der Waals surface area contributed by atoms with E-state index in [4.69, 9.17) is 14.3 Å². The van der Waals surface area contributed by atoms with Crippen molar-refractivity contribution < 1.29 is 19.1 Å². The van der Waals surface area contributed by atoms with Crippen molar-refractivity contribution in [2.45, 2.75) is 19.1 Å². The number of para-hydroxylation sites is 1. The van der Waals surface area contributed by atoms with Gasteiger partial charge in [-0.2, -0.15) is 0 Å². The average molecular weight is 383 g/mol. The lowest BCUT2D eigenvalue weighted by Crippen LogP contribution is -2.36. The summed E-state index contributed by atoms with van der Waals surface area (Å²) in [5.41, 5.74) is -0.0976. The minimum absolute atomic E-state index is 0.107. The highest BCUT2D eigenvalue weighted by molar-refractivity contribution is 5.99. The van der Waals surface area contributed by atoms with Gasteiger partial charge in [-0.05, 0) is 31.2 Å². The average Bonchev–Trinajstić information content (AvgIpc) is 3.00. The number of nitrogens with zero attached hydrogens (tertiary/aromatic N) is 2. The minimum Gasteiger partial charge on any atom is -0.497 e. The Morgan fingerprint density at radius 3 is 2.68 bits per heavy atom. The maximum atomic E-state index is 12.3. The number of methoxy groups -OCH3 is 1. The van der Waals surface area contributed by atoms with Crippen molar-refractivity contribution in [3.05, 3.63) is 60.2 Å². The standard InChI is InChI=1S/C21H25N3O4/c1-21(15-19(25)22-12-13-27-17-9-5-4-6-10-17)23-20(24(2)28-21)16-8-7-11-18(14-16)26-3/h4-11,14H,12-13,15H2,1-3H3,(H,22,25). The number of amidine groups is 1. The van der Waals surface area contributed by atoms with Crippen LogP contribution in [-0.2, 0) is 9.63 Å². The summed E-state index contributed by atoms with van der Waals surface area (Å²) < 4.78 is 10.8. The summed E-state index contributed by atoms with van der Waals surface area (Å²) in [7, 11) is 3.39. The highest BCUT2D eigenvalue weighted by Crippen LogP contribution is 2.28. The Hall–Kier alpha value is -3.06. The van der Waals surface area contributed by atoms with Crippen LogP contribution in [0.25, 0.3) is 0 Å². The maximum Gasteiger partial charge on any atom is 0.225 e. The Morgan fingerprint density at radius 1 is 1.18 bits per heavy atom. The molecule has 7 heteroatoms. The Morgan fingerprint density at radius 2 is 1.93 bits per heavy atom. The van der Waals surface area contributed by atoms with Crippen molar-refractivity contribution in [3.8, 4) is 11.5 Å². The smallest absolute Gasteiger partial charge is 0.225 e. The van der Waals surface area contributed by atoms with Crippen LogP contribution in [0.4, 0.5) is 0 Å². The van der Waals surface area contributed by atoms with Gasteiger partial charge in [0.1, 0.15) is 18.1 Å². The van der Waals surface area contributed by atoms with Crippen LogP contribution < -0.4 is 14.8 Å². The lowest BCUT2D eigenvalue weighted by Gasteiger charge is -2.21. The third kappa shape index (κ3) is 5.01. The second-order valence-electron chi connectivity index (χ2n) is 6.62. The fourth-order valence-corrected chi connectivity index (χ4v) is 2.97. The molecule has 2 aromatic carbocycles. The van der Waals surface area contributed by atoms with Crippen LogP contribution in [0.3, 0.4) is 0 Å². The minimum atomic E-state index is -0.961. The Labute approximate surface area is 164 Å². The number of carbonyl (C=O) groups is 1. The summed E-state index contributed by atoms with van der Waals surface area (Å²) in [4.78, 5) is 22.8. The van der Waals surface area contributed by atoms with E-state index in [2.05, 4.69) is 10.3 Å². The van der Waals surface area contributed by atoms with E-state index in [0.29, 0.717) is 19.0 Å². The zero-order valence-electron chi connectivity index (χ0n) is 16.3. The molecule has 3 rings (SSSR count). The summed E-state index contributed by atoms with van der Waals surface area (Å²) in [6.07, 6.45) is 0.107. The van der Waals surface area contributed by atoms with Crippen LogP contribution in [0.5, 0.6) is 11.5 Å². The molecule has 28 heavy (non-hydrogen) atoms. The molecule has 0 aromatic heterocycles. The van der Waals surface area contributed by atoms with Crippen molar-refractivity contribution in [2.75, 3.05) is 27.3 Å². The van der Waals surface area contributed by atoms with E-state index in [1.165, 1.54) is 0 Å². The highest BCUT2D eigenvalue weighted by Gasteiger charge is 2.37. The number of carbonyl (C=O) groups excluding carboxylic acids is 1. The second-order valence-corrected chi connectivity index (χ2v) is 6.62. The van der Waals surface area contributed by atoms with Gasteiger partial charge < -0.3 is 14.8 Å². The molecule has 7 nitrogen and oxygen atoms in total. The normalized spacial score (nSPS) is 18.5. The summed E-state index contributed by atoms with van der Waals surface area (Å²) in [5.74, 6) is 2.01. The highest BCUT2D eigenvalue weighted by atomic mass is 16.7. The molecule has 1 amide bonds. The first-order chi connectivity index (χ1) is 13.5. The number of hydrogen-bond acceptors (Lipinski definition) is 6. The number of hydroxylamine groups is 2. The quantitative estimate of drug-likeness (QED) is 0.710. The molecule has 0 fully saturated rings. The molecule has 0 bridgehead atoms. The van der Waals surface area contributed by atoms with Gasteiger partial charge in [0.25, 0.3) is 0 Å². The second kappa shape index (κ2) is 8.75. The third-order valence-electron chi connectivity index (χ3n) is 4.23. The van der Waals surface area contributed by atoms with Crippen molar-refractivity contribution in [2.24, 2.45) is 4.99 Å².